The van der Waals surface area contributed by atoms with E-state index in [2.05, 4.69) is 9.68 Å². The third-order valence-corrected chi connectivity index (χ3v) is 1.42. The van der Waals surface area contributed by atoms with Gasteiger partial charge in [0.1, 0.15) is 13.2 Å². The molecule has 0 heterocycles. The smallest absolute Gasteiger partial charge is 0.294 e. The number of hydrogen-bond donors (Lipinski definition) is 1. The fourth-order valence-corrected chi connectivity index (χ4v) is 0.720. The van der Waals surface area contributed by atoms with Crippen molar-refractivity contribution < 1.29 is 29.4 Å². The van der Waals surface area contributed by atoms with E-state index in [9.17, 15) is 29.8 Å². The molecule has 96 valence electrons. The summed E-state index contributed by atoms with van der Waals surface area (Å²) in [5.41, 5.74) is 0. The van der Waals surface area contributed by atoms with Crippen LogP contribution in [0.1, 0.15) is 6.92 Å². The number of nitrogens with one attached hydrogen (secondary N) is 1. The summed E-state index contributed by atoms with van der Waals surface area (Å²) in [6.07, 6.45) is 0. The summed E-state index contributed by atoms with van der Waals surface area (Å²) in [4.78, 5) is 49.1. The molecule has 0 bridgehead atoms. The van der Waals surface area contributed by atoms with E-state index in [0.29, 0.717) is 0 Å². The molecule has 0 rings (SSSR count). The fourth-order valence-electron chi connectivity index (χ4n) is 0.720. The maximum Gasteiger partial charge on any atom is 0.294 e. The summed E-state index contributed by atoms with van der Waals surface area (Å²) >= 11 is 0. The number of carbonyl (C=O) groups excluding carboxylic acids is 2. The highest BCUT2D eigenvalue weighted by molar-refractivity contribution is 6.35. The highest BCUT2D eigenvalue weighted by Gasteiger charge is 2.18. The molecular formula is C6H9N3O8. The predicted molar refractivity (Wildman–Crippen MR) is 48.5 cm³/mol. The van der Waals surface area contributed by atoms with E-state index >= 15 is 0 Å². The van der Waals surface area contributed by atoms with Gasteiger partial charge in [-0.2, -0.15) is 0 Å². The van der Waals surface area contributed by atoms with Gasteiger partial charge in [-0.1, -0.05) is 0 Å². The summed E-state index contributed by atoms with van der Waals surface area (Å²) < 4.78 is 0. The molecule has 0 aliphatic carbocycles. The number of nitrogens with zero attached hydrogens (tertiary/aromatic N) is 2. The zero-order valence-electron chi connectivity index (χ0n) is 8.65. The molecular weight excluding hydrogens is 242 g/mol. The molecule has 17 heavy (non-hydrogen) atoms. The molecule has 0 aliphatic heterocycles. The van der Waals surface area contributed by atoms with Crippen LogP contribution in [0.4, 0.5) is 0 Å². The van der Waals surface area contributed by atoms with Crippen LogP contribution >= 0.6 is 0 Å². The van der Waals surface area contributed by atoms with Crippen molar-refractivity contribution >= 4 is 11.7 Å². The second kappa shape index (κ2) is 6.92. The molecule has 1 amide bonds. The standard InChI is InChI=1S/C6H9N3O8/c1-4(10)6(11)7-5(2-16-8(12)13)3-17-9(14)15/h5H,2-3H2,1H3,(H,7,11). The van der Waals surface area contributed by atoms with Crippen LogP contribution in [0.3, 0.4) is 0 Å². The van der Waals surface area contributed by atoms with Crippen molar-refractivity contribution in [2.75, 3.05) is 13.2 Å². The summed E-state index contributed by atoms with van der Waals surface area (Å²) in [6, 6.07) is -1.18. The Bertz CT molecular complexity index is 311. The van der Waals surface area contributed by atoms with Gasteiger partial charge in [0.2, 0.25) is 5.78 Å². The van der Waals surface area contributed by atoms with Crippen molar-refractivity contribution in [1.82, 2.24) is 5.32 Å². The maximum absolute atomic E-state index is 10.9. The topological polar surface area (TPSA) is 151 Å². The molecule has 0 saturated carbocycles. The van der Waals surface area contributed by atoms with Crippen molar-refractivity contribution in [3.63, 3.8) is 0 Å². The van der Waals surface area contributed by atoms with Gasteiger partial charge in [-0.15, -0.1) is 20.2 Å². The number of amides is 1. The molecule has 0 unspecified atom stereocenters. The number of carbonyl (C=O) groups is 2. The van der Waals surface area contributed by atoms with Crippen LogP contribution in [0.5, 0.6) is 0 Å². The molecule has 0 aromatic carbocycles. The van der Waals surface area contributed by atoms with Gasteiger partial charge >= 0.3 is 0 Å². The molecule has 0 spiro atoms. The Hall–Kier alpha value is -2.46. The van der Waals surface area contributed by atoms with Gasteiger partial charge in [0, 0.05) is 6.92 Å². The minimum atomic E-state index is -1.18. The lowest BCUT2D eigenvalue weighted by Crippen LogP contribution is -2.44. The van der Waals surface area contributed by atoms with Gasteiger partial charge in [0.05, 0.1) is 6.04 Å². The summed E-state index contributed by atoms with van der Waals surface area (Å²) in [5, 5.41) is 19.5. The number of rotatable bonds is 8. The van der Waals surface area contributed by atoms with Gasteiger partial charge in [0.25, 0.3) is 16.1 Å². The SMILES string of the molecule is CC(=O)C(=O)NC(CO[N+](=O)[O-])CO[N+](=O)[O-]. The van der Waals surface area contributed by atoms with E-state index in [0.717, 1.165) is 6.92 Å². The molecule has 11 nitrogen and oxygen atoms in total. The summed E-state index contributed by atoms with van der Waals surface area (Å²) in [5.74, 6) is -1.90. The van der Waals surface area contributed by atoms with Crippen LogP contribution in [0.2, 0.25) is 0 Å². The van der Waals surface area contributed by atoms with E-state index in [1.54, 1.807) is 0 Å². The van der Waals surface area contributed by atoms with Crippen LogP contribution in [-0.2, 0) is 19.3 Å². The summed E-state index contributed by atoms with van der Waals surface area (Å²) in [7, 11) is 0. The van der Waals surface area contributed by atoms with E-state index in [-0.39, 0.29) is 0 Å². The molecule has 0 fully saturated rings. The quantitative estimate of drug-likeness (QED) is 0.310. The predicted octanol–water partition coefficient (Wildman–Crippen LogP) is -1.52. The van der Waals surface area contributed by atoms with Crippen molar-refractivity contribution in [2.24, 2.45) is 0 Å². The minimum absolute atomic E-state index is 0.667. The van der Waals surface area contributed by atoms with Crippen LogP contribution < -0.4 is 5.32 Å². The molecule has 0 aliphatic rings. The average molecular weight is 251 g/mol. The monoisotopic (exact) mass is 251 g/mol. The van der Waals surface area contributed by atoms with Gasteiger partial charge in [-0.25, -0.2) is 0 Å². The Kier molecular flexibility index (Phi) is 5.92. The molecule has 0 aromatic heterocycles. The van der Waals surface area contributed by atoms with Gasteiger partial charge in [-0.3, -0.25) is 9.59 Å². The second-order valence-corrected chi connectivity index (χ2v) is 2.77. The summed E-state index contributed by atoms with van der Waals surface area (Å²) in [6.45, 7) is -0.366. The lowest BCUT2D eigenvalue weighted by molar-refractivity contribution is -0.766. The van der Waals surface area contributed by atoms with Crippen molar-refractivity contribution in [3.05, 3.63) is 20.2 Å². The Morgan fingerprint density at radius 1 is 1.18 bits per heavy atom. The van der Waals surface area contributed by atoms with E-state index in [1.807, 2.05) is 5.32 Å². The minimum Gasteiger partial charge on any atom is -0.343 e. The molecule has 11 heteroatoms. The number of hydrogen-bond acceptors (Lipinski definition) is 8. The van der Waals surface area contributed by atoms with Crippen molar-refractivity contribution in [2.45, 2.75) is 13.0 Å². The molecule has 0 aromatic rings. The van der Waals surface area contributed by atoms with E-state index < -0.39 is 41.1 Å². The van der Waals surface area contributed by atoms with Crippen LogP contribution in [-0.4, -0.2) is 41.1 Å². The largest absolute Gasteiger partial charge is 0.343 e. The second-order valence-electron chi connectivity index (χ2n) is 2.77. The Morgan fingerprint density at radius 2 is 1.59 bits per heavy atom. The Labute approximate surface area is 93.9 Å². The third kappa shape index (κ3) is 7.47. The highest BCUT2D eigenvalue weighted by atomic mass is 17.0. The van der Waals surface area contributed by atoms with Gasteiger partial charge in [0.15, 0.2) is 0 Å². The zero-order chi connectivity index (χ0) is 13.4. The van der Waals surface area contributed by atoms with Crippen molar-refractivity contribution in [3.8, 4) is 0 Å². The lowest BCUT2D eigenvalue weighted by Gasteiger charge is -2.15. The number of ketones is 1. The average Bonchev–Trinajstić information content (AvgIpc) is 2.21. The highest BCUT2D eigenvalue weighted by Crippen LogP contribution is 1.90. The van der Waals surface area contributed by atoms with Crippen molar-refractivity contribution in [1.29, 1.82) is 0 Å². The zero-order valence-corrected chi connectivity index (χ0v) is 8.65. The van der Waals surface area contributed by atoms with Crippen LogP contribution in [0.25, 0.3) is 0 Å². The first-order valence-corrected chi connectivity index (χ1v) is 4.19. The Balaban J connectivity index is 4.28. The first-order valence-electron chi connectivity index (χ1n) is 4.19. The lowest BCUT2D eigenvalue weighted by atomic mass is 10.3. The third-order valence-electron chi connectivity index (χ3n) is 1.42. The van der Waals surface area contributed by atoms with Gasteiger partial charge in [-0.05, 0) is 0 Å². The van der Waals surface area contributed by atoms with Crippen LogP contribution in [0.15, 0.2) is 0 Å². The first kappa shape index (κ1) is 14.5. The fraction of sp³-hybridized carbons (Fsp3) is 0.667. The first-order chi connectivity index (χ1) is 7.82. The van der Waals surface area contributed by atoms with E-state index in [1.165, 1.54) is 0 Å². The van der Waals surface area contributed by atoms with E-state index in [4.69, 9.17) is 0 Å². The molecule has 0 saturated heterocycles. The van der Waals surface area contributed by atoms with Crippen LogP contribution in [0, 0.1) is 20.2 Å². The molecule has 1 N–H and O–H groups in total. The molecule has 0 radical (unpaired) electrons. The van der Waals surface area contributed by atoms with Gasteiger partial charge < -0.3 is 15.0 Å². The maximum atomic E-state index is 10.9. The number of Topliss-reactive ketones (excluding diaryl/α,β-unsaturated/α-hetero) is 1. The normalized spacial score (nSPS) is 9.53. The Morgan fingerprint density at radius 3 is 1.88 bits per heavy atom. The molecule has 0 atom stereocenters.